The van der Waals surface area contributed by atoms with Crippen LogP contribution in [-0.4, -0.2) is 27.5 Å². The van der Waals surface area contributed by atoms with E-state index in [1.165, 1.54) is 5.56 Å². The van der Waals surface area contributed by atoms with E-state index in [2.05, 4.69) is 40.2 Å². The van der Waals surface area contributed by atoms with Crippen LogP contribution >= 0.6 is 0 Å². The lowest BCUT2D eigenvalue weighted by molar-refractivity contribution is 0.180. The fourth-order valence-electron chi connectivity index (χ4n) is 4.66. The summed E-state index contributed by atoms with van der Waals surface area (Å²) < 4.78 is 1.96. The molecule has 5 heteroatoms. The molecular formula is C25H26N4O. The Morgan fingerprint density at radius 2 is 1.57 bits per heavy atom. The molecule has 2 heterocycles. The molecule has 5 nitrogen and oxygen atoms in total. The molecule has 0 radical (unpaired) electrons. The number of nitrogens with two attached hydrogens (primary N) is 1. The Kier molecular flexibility index (Phi) is 4.89. The number of nitrogen functional groups attached to an aromatic ring is 1. The number of hydrogen-bond donors (Lipinski definition) is 2. The first-order valence-electron chi connectivity index (χ1n) is 10.5. The van der Waals surface area contributed by atoms with Crippen LogP contribution in [-0.2, 0) is 6.54 Å². The van der Waals surface area contributed by atoms with Crippen LogP contribution in [0.5, 0.6) is 0 Å². The number of aromatic amines is 1. The Bertz CT molecular complexity index is 1220. The van der Waals surface area contributed by atoms with Gasteiger partial charge < -0.3 is 10.7 Å². The zero-order valence-corrected chi connectivity index (χ0v) is 16.9. The third-order valence-electron chi connectivity index (χ3n) is 6.17. The topological polar surface area (TPSA) is 67.0 Å². The third-order valence-corrected chi connectivity index (χ3v) is 6.17. The third kappa shape index (κ3) is 3.42. The minimum absolute atomic E-state index is 0.0338. The Hall–Kier alpha value is -3.31. The van der Waals surface area contributed by atoms with Crippen LogP contribution in [0.2, 0.25) is 0 Å². The lowest BCUT2D eigenvalue weighted by atomic mass is 10.0. The molecule has 152 valence electrons. The van der Waals surface area contributed by atoms with Crippen molar-refractivity contribution in [2.75, 3.05) is 18.8 Å². The summed E-state index contributed by atoms with van der Waals surface area (Å²) in [5, 5.41) is 0. The van der Waals surface area contributed by atoms with E-state index in [-0.39, 0.29) is 11.7 Å². The number of H-pyrrole nitrogens is 1. The average Bonchev–Trinajstić information content (AvgIpc) is 3.11. The molecule has 3 N–H and O–H groups in total. The highest BCUT2D eigenvalue weighted by Gasteiger charge is 2.24. The largest absolute Gasteiger partial charge is 0.398 e. The molecule has 0 spiro atoms. The molecule has 1 fully saturated rings. The second kappa shape index (κ2) is 7.84. The van der Waals surface area contributed by atoms with Crippen LogP contribution in [0.4, 0.5) is 5.69 Å². The monoisotopic (exact) mass is 398 g/mol. The van der Waals surface area contributed by atoms with E-state index in [1.54, 1.807) is 0 Å². The van der Waals surface area contributed by atoms with Crippen LogP contribution in [0.3, 0.4) is 0 Å². The van der Waals surface area contributed by atoms with Crippen molar-refractivity contribution in [3.05, 3.63) is 88.8 Å². The maximum atomic E-state index is 12.9. The summed E-state index contributed by atoms with van der Waals surface area (Å²) >= 11 is 0. The van der Waals surface area contributed by atoms with E-state index < -0.39 is 0 Å². The summed E-state index contributed by atoms with van der Waals surface area (Å²) in [5.41, 5.74) is 12.0. The van der Waals surface area contributed by atoms with Gasteiger partial charge in [0.25, 0.3) is 0 Å². The molecule has 1 aromatic heterocycles. The lowest BCUT2D eigenvalue weighted by Gasteiger charge is -2.32. The Labute approximate surface area is 175 Å². The smallest absolute Gasteiger partial charge is 0.326 e. The summed E-state index contributed by atoms with van der Waals surface area (Å²) in [4.78, 5) is 18.5. The van der Waals surface area contributed by atoms with Crippen molar-refractivity contribution in [1.29, 1.82) is 0 Å². The number of piperidine rings is 1. The molecule has 0 unspecified atom stereocenters. The molecule has 30 heavy (non-hydrogen) atoms. The molecule has 0 aliphatic carbocycles. The van der Waals surface area contributed by atoms with Crippen molar-refractivity contribution in [1.82, 2.24) is 14.5 Å². The zero-order chi connectivity index (χ0) is 20.5. The van der Waals surface area contributed by atoms with Crippen molar-refractivity contribution in [3.8, 4) is 11.1 Å². The zero-order valence-electron chi connectivity index (χ0n) is 16.9. The molecule has 1 aliphatic heterocycles. The minimum Gasteiger partial charge on any atom is -0.398 e. The van der Waals surface area contributed by atoms with E-state index in [9.17, 15) is 4.79 Å². The standard InChI is InChI=1S/C25H26N4O/c26-22-11-5-4-9-20(22)21-10-6-12-23-24(21)27-25(30)29(23)19-13-15-28(16-14-19)17-18-7-2-1-3-8-18/h1-12,19H,13-17,26H2,(H,27,30). The van der Waals surface area contributed by atoms with Crippen molar-refractivity contribution in [2.45, 2.75) is 25.4 Å². The van der Waals surface area contributed by atoms with Gasteiger partial charge in [0, 0.05) is 42.5 Å². The minimum atomic E-state index is -0.0338. The van der Waals surface area contributed by atoms with Crippen LogP contribution < -0.4 is 11.4 Å². The normalized spacial score (nSPS) is 15.6. The van der Waals surface area contributed by atoms with E-state index in [1.807, 2.05) is 47.0 Å². The van der Waals surface area contributed by atoms with Gasteiger partial charge in [-0.1, -0.05) is 60.7 Å². The number of likely N-dealkylation sites (tertiary alicyclic amines) is 1. The summed E-state index contributed by atoms with van der Waals surface area (Å²) in [5.74, 6) is 0. The second-order valence-corrected chi connectivity index (χ2v) is 8.08. The summed E-state index contributed by atoms with van der Waals surface area (Å²) in [6, 6.07) is 24.7. The number of benzene rings is 3. The maximum Gasteiger partial charge on any atom is 0.326 e. The number of nitrogens with one attached hydrogen (secondary N) is 1. The van der Waals surface area contributed by atoms with Gasteiger partial charge in [0.2, 0.25) is 0 Å². The Morgan fingerprint density at radius 1 is 0.867 bits per heavy atom. The van der Waals surface area contributed by atoms with Crippen LogP contribution in [0.1, 0.15) is 24.4 Å². The van der Waals surface area contributed by atoms with Crippen LogP contribution in [0.15, 0.2) is 77.6 Å². The number of hydrogen-bond acceptors (Lipinski definition) is 3. The van der Waals surface area contributed by atoms with Gasteiger partial charge in [0.1, 0.15) is 0 Å². The highest BCUT2D eigenvalue weighted by Crippen LogP contribution is 2.33. The average molecular weight is 399 g/mol. The highest BCUT2D eigenvalue weighted by molar-refractivity contribution is 5.95. The summed E-state index contributed by atoms with van der Waals surface area (Å²) in [6.07, 6.45) is 1.94. The lowest BCUT2D eigenvalue weighted by Crippen LogP contribution is -2.36. The first-order chi connectivity index (χ1) is 14.7. The van der Waals surface area contributed by atoms with Gasteiger partial charge in [-0.25, -0.2) is 4.79 Å². The number of nitrogens with zero attached hydrogens (tertiary/aromatic N) is 2. The molecule has 1 aliphatic rings. The van der Waals surface area contributed by atoms with Gasteiger partial charge in [-0.3, -0.25) is 9.47 Å². The van der Waals surface area contributed by atoms with E-state index in [0.29, 0.717) is 5.69 Å². The second-order valence-electron chi connectivity index (χ2n) is 8.08. The molecule has 0 saturated carbocycles. The fraction of sp³-hybridized carbons (Fsp3) is 0.240. The molecule has 5 rings (SSSR count). The molecule has 0 bridgehead atoms. The van der Waals surface area contributed by atoms with Crippen LogP contribution in [0, 0.1) is 0 Å². The van der Waals surface area contributed by atoms with Gasteiger partial charge in [0.05, 0.1) is 11.0 Å². The van der Waals surface area contributed by atoms with Crippen molar-refractivity contribution in [3.63, 3.8) is 0 Å². The number of aromatic nitrogens is 2. The van der Waals surface area contributed by atoms with Gasteiger partial charge in [-0.15, -0.1) is 0 Å². The maximum absolute atomic E-state index is 12.9. The van der Waals surface area contributed by atoms with Gasteiger partial charge in [0.15, 0.2) is 0 Å². The number of fused-ring (bicyclic) bond motifs is 1. The first-order valence-corrected chi connectivity index (χ1v) is 10.5. The molecule has 3 aromatic carbocycles. The number of para-hydroxylation sites is 2. The van der Waals surface area contributed by atoms with Crippen molar-refractivity contribution in [2.24, 2.45) is 0 Å². The van der Waals surface area contributed by atoms with Gasteiger partial charge in [-0.05, 0) is 30.5 Å². The number of anilines is 1. The SMILES string of the molecule is Nc1ccccc1-c1cccc2c1[nH]c(=O)n2C1CCN(Cc2ccccc2)CC1. The fourth-order valence-corrected chi connectivity index (χ4v) is 4.66. The summed E-state index contributed by atoms with van der Waals surface area (Å²) in [6.45, 7) is 2.95. The molecule has 1 saturated heterocycles. The highest BCUT2D eigenvalue weighted by atomic mass is 16.1. The Balaban J connectivity index is 1.42. The Morgan fingerprint density at radius 3 is 2.33 bits per heavy atom. The van der Waals surface area contributed by atoms with Crippen molar-refractivity contribution >= 4 is 16.7 Å². The predicted octanol–water partition coefficient (Wildman–Crippen LogP) is 4.42. The van der Waals surface area contributed by atoms with E-state index in [4.69, 9.17) is 5.73 Å². The van der Waals surface area contributed by atoms with E-state index >= 15 is 0 Å². The van der Waals surface area contributed by atoms with Crippen LogP contribution in [0.25, 0.3) is 22.2 Å². The molecular weight excluding hydrogens is 372 g/mol. The summed E-state index contributed by atoms with van der Waals surface area (Å²) in [7, 11) is 0. The van der Waals surface area contributed by atoms with Gasteiger partial charge >= 0.3 is 5.69 Å². The quantitative estimate of drug-likeness (QED) is 0.500. The molecule has 0 amide bonds. The molecule has 4 aromatic rings. The number of rotatable bonds is 4. The first kappa shape index (κ1) is 18.7. The number of imidazole rings is 1. The predicted molar refractivity (Wildman–Crippen MR) is 122 cm³/mol. The van der Waals surface area contributed by atoms with E-state index in [0.717, 1.165) is 54.6 Å². The molecule has 0 atom stereocenters. The van der Waals surface area contributed by atoms with Gasteiger partial charge in [-0.2, -0.15) is 0 Å². The van der Waals surface area contributed by atoms with Crippen molar-refractivity contribution < 1.29 is 0 Å².